The highest BCUT2D eigenvalue weighted by Crippen LogP contribution is 2.25. The van der Waals surface area contributed by atoms with Crippen molar-refractivity contribution in [3.8, 4) is 17.2 Å². The molecule has 23 heavy (non-hydrogen) atoms. The Morgan fingerprint density at radius 1 is 1.30 bits per heavy atom. The predicted octanol–water partition coefficient (Wildman–Crippen LogP) is 3.08. The summed E-state index contributed by atoms with van der Waals surface area (Å²) in [5.41, 5.74) is 1.07. The molecular formula is C16H10ClFN4O. The normalized spacial score (nSPS) is 10.7. The summed E-state index contributed by atoms with van der Waals surface area (Å²) in [4.78, 5) is 20.5. The first kappa shape index (κ1) is 15.1. The van der Waals surface area contributed by atoms with Gasteiger partial charge in [-0.1, -0.05) is 11.6 Å². The Balaban J connectivity index is 2.42. The van der Waals surface area contributed by atoms with E-state index in [-0.39, 0.29) is 17.3 Å². The van der Waals surface area contributed by atoms with Crippen molar-refractivity contribution in [1.82, 2.24) is 14.5 Å². The average molecular weight is 329 g/mol. The molecule has 0 saturated carbocycles. The van der Waals surface area contributed by atoms with Gasteiger partial charge in [-0.15, -0.1) is 0 Å². The lowest BCUT2D eigenvalue weighted by Gasteiger charge is -2.12. The Kier molecular flexibility index (Phi) is 3.80. The molecule has 0 N–H and O–H groups in total. The van der Waals surface area contributed by atoms with Gasteiger partial charge in [0.1, 0.15) is 17.5 Å². The summed E-state index contributed by atoms with van der Waals surface area (Å²) in [5.74, 6) is -0.497. The van der Waals surface area contributed by atoms with Gasteiger partial charge in [-0.25, -0.2) is 9.37 Å². The molecule has 0 atom stereocenters. The monoisotopic (exact) mass is 328 g/mol. The SMILES string of the molecule is Cc1c(F)cncc1-c1cc2cnc(Cl)cc2n(CC#N)c1=O. The van der Waals surface area contributed by atoms with E-state index in [1.165, 1.54) is 23.0 Å². The number of aromatic nitrogens is 3. The molecule has 3 rings (SSSR count). The number of halogens is 2. The van der Waals surface area contributed by atoms with Crippen molar-refractivity contribution in [1.29, 1.82) is 5.26 Å². The summed E-state index contributed by atoms with van der Waals surface area (Å²) >= 11 is 5.88. The first-order valence-corrected chi connectivity index (χ1v) is 7.07. The second-order valence-electron chi connectivity index (χ2n) is 4.97. The predicted molar refractivity (Wildman–Crippen MR) is 84.6 cm³/mol. The van der Waals surface area contributed by atoms with Crippen LogP contribution in [0.5, 0.6) is 0 Å². The smallest absolute Gasteiger partial charge is 0.259 e. The number of nitriles is 1. The molecule has 0 fully saturated rings. The molecule has 3 aromatic rings. The lowest BCUT2D eigenvalue weighted by atomic mass is 10.0. The summed E-state index contributed by atoms with van der Waals surface area (Å²) < 4.78 is 15.1. The van der Waals surface area contributed by atoms with Gasteiger partial charge in [0.15, 0.2) is 0 Å². The highest BCUT2D eigenvalue weighted by Gasteiger charge is 2.15. The second-order valence-corrected chi connectivity index (χ2v) is 5.35. The molecule has 0 radical (unpaired) electrons. The van der Waals surface area contributed by atoms with Crippen molar-refractivity contribution in [2.24, 2.45) is 0 Å². The molecule has 0 aromatic carbocycles. The third kappa shape index (κ3) is 2.56. The number of pyridine rings is 3. The molecular weight excluding hydrogens is 319 g/mol. The van der Waals surface area contributed by atoms with E-state index in [0.29, 0.717) is 22.0 Å². The van der Waals surface area contributed by atoms with E-state index in [0.717, 1.165) is 6.20 Å². The van der Waals surface area contributed by atoms with Crippen molar-refractivity contribution in [2.45, 2.75) is 13.5 Å². The van der Waals surface area contributed by atoms with Gasteiger partial charge in [-0.2, -0.15) is 5.26 Å². The van der Waals surface area contributed by atoms with Crippen LogP contribution in [0, 0.1) is 24.1 Å². The number of nitrogens with zero attached hydrogens (tertiary/aromatic N) is 4. The lowest BCUT2D eigenvalue weighted by molar-refractivity contribution is 0.612. The average Bonchev–Trinajstić information content (AvgIpc) is 2.53. The molecule has 5 nitrogen and oxygen atoms in total. The van der Waals surface area contributed by atoms with Crippen molar-refractivity contribution >= 4 is 22.5 Å². The van der Waals surface area contributed by atoms with E-state index in [1.54, 1.807) is 13.0 Å². The fraction of sp³-hybridized carbons (Fsp3) is 0.125. The van der Waals surface area contributed by atoms with E-state index >= 15 is 0 Å². The fourth-order valence-electron chi connectivity index (χ4n) is 2.44. The van der Waals surface area contributed by atoms with Gasteiger partial charge in [-0.3, -0.25) is 14.3 Å². The van der Waals surface area contributed by atoms with Crippen LogP contribution >= 0.6 is 11.6 Å². The topological polar surface area (TPSA) is 71.6 Å². The number of rotatable bonds is 2. The highest BCUT2D eigenvalue weighted by atomic mass is 35.5. The lowest BCUT2D eigenvalue weighted by Crippen LogP contribution is -2.22. The molecule has 0 unspecified atom stereocenters. The van der Waals surface area contributed by atoms with Crippen molar-refractivity contribution in [3.05, 3.63) is 57.6 Å². The Bertz CT molecular complexity index is 1020. The molecule has 0 aliphatic carbocycles. The summed E-state index contributed by atoms with van der Waals surface area (Å²) in [6.45, 7) is 1.43. The third-order valence-corrected chi connectivity index (χ3v) is 3.82. The van der Waals surface area contributed by atoms with E-state index < -0.39 is 11.4 Å². The van der Waals surface area contributed by atoms with Gasteiger partial charge in [0.2, 0.25) is 0 Å². The van der Waals surface area contributed by atoms with Gasteiger partial charge in [0.25, 0.3) is 5.56 Å². The van der Waals surface area contributed by atoms with Crippen molar-refractivity contribution in [3.63, 3.8) is 0 Å². The van der Waals surface area contributed by atoms with E-state index in [9.17, 15) is 9.18 Å². The molecule has 0 amide bonds. The number of fused-ring (bicyclic) bond motifs is 1. The van der Waals surface area contributed by atoms with Crippen LogP contribution in [-0.2, 0) is 6.54 Å². The van der Waals surface area contributed by atoms with E-state index in [2.05, 4.69) is 9.97 Å². The molecule has 7 heteroatoms. The zero-order valence-corrected chi connectivity index (χ0v) is 12.8. The van der Waals surface area contributed by atoms with Crippen LogP contribution in [0.25, 0.3) is 22.0 Å². The Labute approximate surface area is 135 Å². The number of hydrogen-bond donors (Lipinski definition) is 0. The standard InChI is InChI=1S/C16H10ClFN4O/c1-9-12(7-20-8-13(9)18)11-4-10-6-21-15(17)5-14(10)22(3-2-19)16(11)23/h4-8H,3H2,1H3. The van der Waals surface area contributed by atoms with Gasteiger partial charge >= 0.3 is 0 Å². The maximum Gasteiger partial charge on any atom is 0.259 e. The van der Waals surface area contributed by atoms with Gasteiger partial charge in [0, 0.05) is 28.9 Å². The van der Waals surface area contributed by atoms with Crippen LogP contribution in [0.15, 0.2) is 35.5 Å². The van der Waals surface area contributed by atoms with Crippen LogP contribution in [-0.4, -0.2) is 14.5 Å². The first-order chi connectivity index (χ1) is 11.0. The molecule has 0 bridgehead atoms. The van der Waals surface area contributed by atoms with Gasteiger partial charge in [0.05, 0.1) is 17.8 Å². The Morgan fingerprint density at radius 2 is 2.09 bits per heavy atom. The minimum atomic E-state index is -0.497. The summed E-state index contributed by atoms with van der Waals surface area (Å²) in [5, 5.41) is 9.85. The molecule has 114 valence electrons. The fourth-order valence-corrected chi connectivity index (χ4v) is 2.59. The minimum Gasteiger partial charge on any atom is -0.294 e. The Hall–Kier alpha value is -2.78. The zero-order chi connectivity index (χ0) is 16.6. The van der Waals surface area contributed by atoms with Crippen LogP contribution in [0.2, 0.25) is 5.15 Å². The van der Waals surface area contributed by atoms with E-state index in [4.69, 9.17) is 16.9 Å². The molecule has 3 heterocycles. The Morgan fingerprint density at radius 3 is 2.83 bits per heavy atom. The van der Waals surface area contributed by atoms with Crippen LogP contribution < -0.4 is 5.56 Å². The summed E-state index contributed by atoms with van der Waals surface area (Å²) in [6.07, 6.45) is 4.03. The summed E-state index contributed by atoms with van der Waals surface area (Å²) in [6, 6.07) is 5.08. The maximum atomic E-state index is 13.8. The molecule has 0 aliphatic rings. The molecule has 0 spiro atoms. The molecule has 0 aliphatic heterocycles. The minimum absolute atomic E-state index is 0.148. The third-order valence-electron chi connectivity index (χ3n) is 3.62. The first-order valence-electron chi connectivity index (χ1n) is 6.69. The largest absolute Gasteiger partial charge is 0.294 e. The molecule has 0 saturated heterocycles. The number of hydrogen-bond acceptors (Lipinski definition) is 4. The van der Waals surface area contributed by atoms with Gasteiger partial charge < -0.3 is 0 Å². The van der Waals surface area contributed by atoms with Crippen molar-refractivity contribution < 1.29 is 4.39 Å². The molecule has 3 aromatic heterocycles. The summed E-state index contributed by atoms with van der Waals surface area (Å²) in [7, 11) is 0. The van der Waals surface area contributed by atoms with Crippen LogP contribution in [0.1, 0.15) is 5.56 Å². The quantitative estimate of drug-likeness (QED) is 0.678. The second kappa shape index (κ2) is 5.78. The van der Waals surface area contributed by atoms with Crippen LogP contribution in [0.4, 0.5) is 4.39 Å². The highest BCUT2D eigenvalue weighted by molar-refractivity contribution is 6.30. The van der Waals surface area contributed by atoms with Crippen LogP contribution in [0.3, 0.4) is 0 Å². The van der Waals surface area contributed by atoms with Gasteiger partial charge in [-0.05, 0) is 24.6 Å². The maximum absolute atomic E-state index is 13.8. The zero-order valence-electron chi connectivity index (χ0n) is 12.0. The van der Waals surface area contributed by atoms with E-state index in [1.807, 2.05) is 6.07 Å². The van der Waals surface area contributed by atoms with Crippen molar-refractivity contribution in [2.75, 3.05) is 0 Å².